The van der Waals surface area contributed by atoms with E-state index < -0.39 is 18.0 Å². The number of carbonyl (C=O) groups excluding carboxylic acids is 1. The van der Waals surface area contributed by atoms with Crippen LogP contribution in [0.5, 0.6) is 5.88 Å². The molecule has 8 heteroatoms. The average Bonchev–Trinajstić information content (AvgIpc) is 3.12. The number of nitriles is 1. The summed E-state index contributed by atoms with van der Waals surface area (Å²) in [7, 11) is 0. The van der Waals surface area contributed by atoms with E-state index in [1.54, 1.807) is 12.1 Å². The fourth-order valence-corrected chi connectivity index (χ4v) is 3.28. The van der Waals surface area contributed by atoms with Crippen LogP contribution in [0.25, 0.3) is 0 Å². The van der Waals surface area contributed by atoms with Gasteiger partial charge in [-0.2, -0.15) is 10.2 Å². The van der Waals surface area contributed by atoms with Gasteiger partial charge in [0.15, 0.2) is 5.69 Å². The van der Waals surface area contributed by atoms with Crippen molar-refractivity contribution in [2.75, 3.05) is 13.2 Å². The normalized spacial score (nSPS) is 18.3. The molecule has 2 heterocycles. The molecule has 1 amide bonds. The lowest BCUT2D eigenvalue weighted by molar-refractivity contribution is -0.128. The first-order valence-electron chi connectivity index (χ1n) is 9.21. The molecule has 1 fully saturated rings. The predicted molar refractivity (Wildman–Crippen MR) is 101 cm³/mol. The Morgan fingerprint density at radius 1 is 1.41 bits per heavy atom. The molecule has 0 radical (unpaired) electrons. The molecule has 1 aliphatic heterocycles. The summed E-state index contributed by atoms with van der Waals surface area (Å²) in [6, 6.07) is 7.25. The fourth-order valence-electron chi connectivity index (χ4n) is 3.28. The van der Waals surface area contributed by atoms with Crippen LogP contribution in [-0.2, 0) is 4.79 Å². The lowest BCUT2D eigenvalue weighted by atomic mass is 10.0. The third-order valence-electron chi connectivity index (χ3n) is 4.65. The van der Waals surface area contributed by atoms with Crippen molar-refractivity contribution >= 4 is 5.91 Å². The van der Waals surface area contributed by atoms with E-state index in [0.29, 0.717) is 24.0 Å². The second kappa shape index (κ2) is 9.24. The van der Waals surface area contributed by atoms with Crippen LogP contribution in [0.2, 0.25) is 0 Å². The summed E-state index contributed by atoms with van der Waals surface area (Å²) in [6.07, 6.45) is 2.55. The molecular formula is C21H20F2N4O2. The predicted octanol–water partition coefficient (Wildman–Crippen LogP) is 3.51. The topological polar surface area (TPSA) is 79.1 Å². The number of nitrogens with zero attached hydrogens (tertiary/aromatic N) is 4. The van der Waals surface area contributed by atoms with Crippen molar-refractivity contribution in [2.24, 2.45) is 0 Å². The van der Waals surface area contributed by atoms with Gasteiger partial charge < -0.3 is 9.64 Å². The first-order chi connectivity index (χ1) is 14.0. The highest BCUT2D eigenvalue weighted by molar-refractivity contribution is 5.93. The number of amides is 1. The van der Waals surface area contributed by atoms with E-state index >= 15 is 0 Å². The molecular weight excluding hydrogens is 378 g/mol. The third-order valence-corrected chi connectivity index (χ3v) is 4.65. The van der Waals surface area contributed by atoms with Crippen LogP contribution < -0.4 is 4.74 Å². The number of likely N-dealkylation sites (tertiary alicyclic amines) is 1. The Balaban J connectivity index is 1.54. The number of benzene rings is 1. The smallest absolute Gasteiger partial charge is 0.249 e. The minimum Gasteiger partial charge on any atom is -0.477 e. The van der Waals surface area contributed by atoms with Crippen molar-refractivity contribution in [1.29, 1.82) is 5.26 Å². The van der Waals surface area contributed by atoms with Crippen LogP contribution in [0.1, 0.15) is 36.6 Å². The average molecular weight is 398 g/mol. The molecule has 1 aromatic heterocycles. The van der Waals surface area contributed by atoms with Crippen molar-refractivity contribution in [2.45, 2.75) is 31.5 Å². The standard InChI is InChI=1S/C21H20F2N4O2/c1-14(4-3-7-29-20-12-25-11-18(10-24)26-20)21(28)27-13-17(23)9-19(27)15-5-2-6-16(22)8-15/h2,5-6,8,11-12,17,19H,1,3-4,7,9,13H2. The zero-order valence-corrected chi connectivity index (χ0v) is 15.7. The quantitative estimate of drug-likeness (QED) is 0.527. The first kappa shape index (κ1) is 20.4. The highest BCUT2D eigenvalue weighted by atomic mass is 19.1. The maximum Gasteiger partial charge on any atom is 0.249 e. The van der Waals surface area contributed by atoms with Crippen molar-refractivity contribution in [3.63, 3.8) is 0 Å². The number of rotatable bonds is 7. The van der Waals surface area contributed by atoms with Crippen LogP contribution in [0.4, 0.5) is 8.78 Å². The zero-order chi connectivity index (χ0) is 20.8. The second-order valence-corrected chi connectivity index (χ2v) is 6.77. The van der Waals surface area contributed by atoms with Gasteiger partial charge in [0.2, 0.25) is 11.8 Å². The Bertz CT molecular complexity index is 944. The summed E-state index contributed by atoms with van der Waals surface area (Å²) in [6.45, 7) is 4.05. The third kappa shape index (κ3) is 5.13. The van der Waals surface area contributed by atoms with E-state index in [4.69, 9.17) is 10.00 Å². The lowest BCUT2D eigenvalue weighted by Gasteiger charge is -2.25. The molecule has 29 heavy (non-hydrogen) atoms. The molecule has 2 atom stereocenters. The Hall–Kier alpha value is -3.34. The number of carbonyl (C=O) groups is 1. The summed E-state index contributed by atoms with van der Waals surface area (Å²) < 4.78 is 33.0. The van der Waals surface area contributed by atoms with Crippen LogP contribution in [0.15, 0.2) is 48.8 Å². The van der Waals surface area contributed by atoms with Crippen molar-refractivity contribution in [3.05, 3.63) is 65.9 Å². The fraction of sp³-hybridized carbons (Fsp3) is 0.333. The van der Waals surface area contributed by atoms with E-state index in [9.17, 15) is 13.6 Å². The van der Waals surface area contributed by atoms with Gasteiger partial charge >= 0.3 is 0 Å². The molecule has 1 aromatic carbocycles. The van der Waals surface area contributed by atoms with Crippen LogP contribution in [0.3, 0.4) is 0 Å². The summed E-state index contributed by atoms with van der Waals surface area (Å²) in [5, 5.41) is 8.80. The largest absolute Gasteiger partial charge is 0.477 e. The van der Waals surface area contributed by atoms with E-state index in [1.807, 2.05) is 6.07 Å². The van der Waals surface area contributed by atoms with Gasteiger partial charge in [0, 0.05) is 12.0 Å². The minimum atomic E-state index is -1.16. The number of hydrogen-bond donors (Lipinski definition) is 0. The highest BCUT2D eigenvalue weighted by Gasteiger charge is 2.37. The number of hydrogen-bond acceptors (Lipinski definition) is 5. The second-order valence-electron chi connectivity index (χ2n) is 6.77. The van der Waals surface area contributed by atoms with Gasteiger partial charge in [-0.1, -0.05) is 18.7 Å². The molecule has 2 aromatic rings. The Labute approximate surface area is 167 Å². The van der Waals surface area contributed by atoms with Crippen LogP contribution in [-0.4, -0.2) is 40.1 Å². The highest BCUT2D eigenvalue weighted by Crippen LogP contribution is 2.35. The molecule has 6 nitrogen and oxygen atoms in total. The van der Waals surface area contributed by atoms with Crippen molar-refractivity contribution in [3.8, 4) is 11.9 Å². The molecule has 1 saturated heterocycles. The summed E-state index contributed by atoms with van der Waals surface area (Å²) in [5.41, 5.74) is 1.06. The van der Waals surface area contributed by atoms with Crippen molar-refractivity contribution in [1.82, 2.24) is 14.9 Å². The van der Waals surface area contributed by atoms with Gasteiger partial charge in [-0.15, -0.1) is 0 Å². The SMILES string of the molecule is C=C(CCCOc1cncc(C#N)n1)C(=O)N1CC(F)CC1c1cccc(F)c1. The lowest BCUT2D eigenvalue weighted by Crippen LogP contribution is -2.32. The summed E-state index contributed by atoms with van der Waals surface area (Å²) >= 11 is 0. The number of halogens is 2. The van der Waals surface area contributed by atoms with Gasteiger partial charge in [-0.25, -0.2) is 8.78 Å². The van der Waals surface area contributed by atoms with Crippen LogP contribution in [0, 0.1) is 17.1 Å². The molecule has 0 aliphatic carbocycles. The Morgan fingerprint density at radius 2 is 2.24 bits per heavy atom. The molecule has 150 valence electrons. The maximum absolute atomic E-state index is 14.0. The number of ether oxygens (including phenoxy) is 1. The monoisotopic (exact) mass is 398 g/mol. The Kier molecular flexibility index (Phi) is 6.50. The van der Waals surface area contributed by atoms with E-state index in [1.165, 1.54) is 29.4 Å². The zero-order valence-electron chi connectivity index (χ0n) is 15.7. The molecule has 1 aliphatic rings. The van der Waals surface area contributed by atoms with Gasteiger partial charge in [0.1, 0.15) is 18.1 Å². The van der Waals surface area contributed by atoms with Crippen molar-refractivity contribution < 1.29 is 18.3 Å². The van der Waals surface area contributed by atoms with E-state index in [-0.39, 0.29) is 37.1 Å². The summed E-state index contributed by atoms with van der Waals surface area (Å²) in [4.78, 5) is 22.0. The van der Waals surface area contributed by atoms with Gasteiger partial charge in [-0.05, 0) is 30.5 Å². The van der Waals surface area contributed by atoms with Gasteiger partial charge in [0.25, 0.3) is 0 Å². The van der Waals surface area contributed by atoms with Gasteiger partial charge in [-0.3, -0.25) is 9.78 Å². The Morgan fingerprint density at radius 3 is 3.00 bits per heavy atom. The summed E-state index contributed by atoms with van der Waals surface area (Å²) in [5.74, 6) is -0.533. The first-order valence-corrected chi connectivity index (χ1v) is 9.21. The number of aromatic nitrogens is 2. The van der Waals surface area contributed by atoms with Gasteiger partial charge in [0.05, 0.1) is 31.6 Å². The number of alkyl halides is 1. The molecule has 2 unspecified atom stereocenters. The minimum absolute atomic E-state index is 0.0356. The van der Waals surface area contributed by atoms with E-state index in [0.717, 1.165) is 0 Å². The molecule has 0 saturated carbocycles. The molecule has 0 bridgehead atoms. The molecule has 0 N–H and O–H groups in total. The molecule has 0 spiro atoms. The van der Waals surface area contributed by atoms with E-state index in [2.05, 4.69) is 16.5 Å². The maximum atomic E-state index is 14.0. The van der Waals surface area contributed by atoms with Crippen LogP contribution >= 0.6 is 0 Å². The molecule has 3 rings (SSSR count).